The van der Waals surface area contributed by atoms with Gasteiger partial charge in [0.25, 0.3) is 0 Å². The Bertz CT molecular complexity index is 805. The molecule has 1 fully saturated rings. The average Bonchev–Trinajstić information content (AvgIpc) is 3.12. The average molecular weight is 359 g/mol. The first-order valence-electron chi connectivity index (χ1n) is 8.74. The molecule has 1 amide bonds. The Morgan fingerprint density at radius 3 is 2.92 bits per heavy atom. The molecule has 7 heteroatoms. The lowest BCUT2D eigenvalue weighted by molar-refractivity contribution is -0.136. The van der Waals surface area contributed by atoms with E-state index < -0.39 is 5.97 Å². The number of aromatic carboxylic acids is 1. The molecule has 1 aliphatic rings. The summed E-state index contributed by atoms with van der Waals surface area (Å²) in [6.45, 7) is 3.04. The van der Waals surface area contributed by atoms with Gasteiger partial charge in [0, 0.05) is 25.2 Å². The number of amides is 1. The number of hydrogen-bond acceptors (Lipinski definition) is 3. The van der Waals surface area contributed by atoms with Crippen molar-refractivity contribution in [2.45, 2.75) is 32.2 Å². The first-order valence-corrected chi connectivity index (χ1v) is 8.74. The van der Waals surface area contributed by atoms with E-state index >= 15 is 0 Å². The van der Waals surface area contributed by atoms with Gasteiger partial charge in [-0.1, -0.05) is 19.1 Å². The highest BCUT2D eigenvalue weighted by atomic mass is 19.1. The Balaban J connectivity index is 1.64. The van der Waals surface area contributed by atoms with Crippen molar-refractivity contribution in [1.82, 2.24) is 14.7 Å². The number of hydrogen-bond donors (Lipinski definition) is 1. The molecule has 0 aliphatic carbocycles. The lowest BCUT2D eigenvalue weighted by Crippen LogP contribution is -2.43. The zero-order chi connectivity index (χ0) is 18.7. The smallest absolute Gasteiger partial charge is 0.338 e. The van der Waals surface area contributed by atoms with Crippen LogP contribution in [-0.4, -0.2) is 44.8 Å². The van der Waals surface area contributed by atoms with Gasteiger partial charge < -0.3 is 10.0 Å². The van der Waals surface area contributed by atoms with Crippen molar-refractivity contribution in [3.63, 3.8) is 0 Å². The van der Waals surface area contributed by atoms with Gasteiger partial charge >= 0.3 is 5.97 Å². The van der Waals surface area contributed by atoms with Crippen LogP contribution in [0, 0.1) is 11.7 Å². The lowest BCUT2D eigenvalue weighted by Gasteiger charge is -2.34. The molecule has 138 valence electrons. The molecule has 3 rings (SSSR count). The van der Waals surface area contributed by atoms with Crippen LogP contribution in [-0.2, 0) is 11.2 Å². The highest BCUT2D eigenvalue weighted by Crippen LogP contribution is 2.23. The number of piperidine rings is 1. The standard InChI is InChI=1S/C19H22FN3O3/c1-13(8-14-4-2-5-16(20)9-14)18(24)22-7-3-6-17(12-22)23-11-15(10-21-23)19(25)26/h2,4-5,9-11,13,17H,3,6-8,12H2,1H3,(H,25,26)/t13-,17+/m1/s1. The van der Waals surface area contributed by atoms with E-state index in [1.165, 1.54) is 24.5 Å². The fraction of sp³-hybridized carbons (Fsp3) is 0.421. The number of halogens is 1. The van der Waals surface area contributed by atoms with E-state index in [0.717, 1.165) is 18.4 Å². The molecule has 0 bridgehead atoms. The molecule has 0 radical (unpaired) electrons. The number of nitrogens with zero attached hydrogens (tertiary/aromatic N) is 3. The van der Waals surface area contributed by atoms with E-state index in [4.69, 9.17) is 5.11 Å². The van der Waals surface area contributed by atoms with Crippen molar-refractivity contribution in [2.24, 2.45) is 5.92 Å². The molecule has 2 heterocycles. The van der Waals surface area contributed by atoms with Crippen molar-refractivity contribution < 1.29 is 19.1 Å². The Morgan fingerprint density at radius 1 is 1.42 bits per heavy atom. The van der Waals surface area contributed by atoms with Gasteiger partial charge in [-0.25, -0.2) is 9.18 Å². The minimum atomic E-state index is -1.01. The van der Waals surface area contributed by atoms with E-state index in [-0.39, 0.29) is 29.2 Å². The molecule has 0 spiro atoms. The second-order valence-electron chi connectivity index (χ2n) is 6.83. The second-order valence-corrected chi connectivity index (χ2v) is 6.83. The van der Waals surface area contributed by atoms with Gasteiger partial charge in [0.1, 0.15) is 5.82 Å². The first-order chi connectivity index (χ1) is 12.4. The number of carboxylic acids is 1. The summed E-state index contributed by atoms with van der Waals surface area (Å²) >= 11 is 0. The molecule has 1 aromatic carbocycles. The maximum absolute atomic E-state index is 13.3. The van der Waals surface area contributed by atoms with Gasteiger partial charge in [-0.2, -0.15) is 5.10 Å². The first kappa shape index (κ1) is 18.1. The number of rotatable bonds is 5. The van der Waals surface area contributed by atoms with Crippen LogP contribution in [0.5, 0.6) is 0 Å². The van der Waals surface area contributed by atoms with Crippen LogP contribution < -0.4 is 0 Å². The maximum Gasteiger partial charge on any atom is 0.338 e. The molecule has 0 unspecified atom stereocenters. The van der Waals surface area contributed by atoms with Gasteiger partial charge in [-0.05, 0) is 37.0 Å². The second kappa shape index (κ2) is 7.68. The third-order valence-corrected chi connectivity index (χ3v) is 4.78. The summed E-state index contributed by atoms with van der Waals surface area (Å²) in [5.74, 6) is -1.52. The molecule has 1 aliphatic heterocycles. The molecule has 0 saturated carbocycles. The van der Waals surface area contributed by atoms with Crippen LogP contribution in [0.2, 0.25) is 0 Å². The molecular formula is C19H22FN3O3. The topological polar surface area (TPSA) is 75.4 Å². The van der Waals surface area contributed by atoms with Crippen molar-refractivity contribution in [1.29, 1.82) is 0 Å². The van der Waals surface area contributed by atoms with Crippen LogP contribution in [0.3, 0.4) is 0 Å². The molecule has 1 N–H and O–H groups in total. The zero-order valence-corrected chi connectivity index (χ0v) is 14.6. The van der Waals surface area contributed by atoms with Crippen LogP contribution in [0.4, 0.5) is 4.39 Å². The van der Waals surface area contributed by atoms with Gasteiger partial charge in [-0.15, -0.1) is 0 Å². The van der Waals surface area contributed by atoms with Crippen LogP contribution >= 0.6 is 0 Å². The van der Waals surface area contributed by atoms with Gasteiger partial charge in [0.2, 0.25) is 5.91 Å². The molecular weight excluding hydrogens is 337 g/mol. The third kappa shape index (κ3) is 4.09. The summed E-state index contributed by atoms with van der Waals surface area (Å²) in [7, 11) is 0. The summed E-state index contributed by atoms with van der Waals surface area (Å²) in [6.07, 6.45) is 5.02. The fourth-order valence-electron chi connectivity index (χ4n) is 3.44. The van der Waals surface area contributed by atoms with Crippen LogP contribution in [0.25, 0.3) is 0 Å². The number of aromatic nitrogens is 2. The van der Waals surface area contributed by atoms with Gasteiger partial charge in [-0.3, -0.25) is 9.48 Å². The molecule has 2 atom stereocenters. The molecule has 1 saturated heterocycles. The van der Waals surface area contributed by atoms with Gasteiger partial charge in [0.05, 0.1) is 17.8 Å². The summed E-state index contributed by atoms with van der Waals surface area (Å²) < 4.78 is 15.0. The molecule has 2 aromatic rings. The molecule has 1 aromatic heterocycles. The Labute approximate surface area is 151 Å². The van der Waals surface area contributed by atoms with Crippen molar-refractivity contribution in [2.75, 3.05) is 13.1 Å². The predicted molar refractivity (Wildman–Crippen MR) is 93.3 cm³/mol. The molecule has 26 heavy (non-hydrogen) atoms. The summed E-state index contributed by atoms with van der Waals surface area (Å²) in [5, 5.41) is 13.2. The SMILES string of the molecule is C[C@H](Cc1cccc(F)c1)C(=O)N1CCC[C@H](n2cc(C(=O)O)cn2)C1. The van der Waals surface area contributed by atoms with Crippen LogP contribution in [0.15, 0.2) is 36.7 Å². The van der Waals surface area contributed by atoms with Crippen LogP contribution in [0.1, 0.15) is 41.7 Å². The monoisotopic (exact) mass is 359 g/mol. The Kier molecular flexibility index (Phi) is 5.35. The third-order valence-electron chi connectivity index (χ3n) is 4.78. The maximum atomic E-state index is 13.3. The Morgan fingerprint density at radius 2 is 2.23 bits per heavy atom. The van der Waals surface area contributed by atoms with E-state index in [1.807, 2.05) is 13.0 Å². The summed E-state index contributed by atoms with van der Waals surface area (Å²) in [6, 6.07) is 6.29. The lowest BCUT2D eigenvalue weighted by atomic mass is 9.97. The normalized spacial score (nSPS) is 18.5. The highest BCUT2D eigenvalue weighted by Gasteiger charge is 2.28. The van der Waals surface area contributed by atoms with E-state index in [9.17, 15) is 14.0 Å². The predicted octanol–water partition coefficient (Wildman–Crippen LogP) is 2.76. The van der Waals surface area contributed by atoms with Crippen molar-refractivity contribution in [3.05, 3.63) is 53.6 Å². The van der Waals surface area contributed by atoms with Crippen molar-refractivity contribution >= 4 is 11.9 Å². The van der Waals surface area contributed by atoms with E-state index in [1.54, 1.807) is 15.6 Å². The van der Waals surface area contributed by atoms with Gasteiger partial charge in [0.15, 0.2) is 0 Å². The number of likely N-dealkylation sites (tertiary alicyclic amines) is 1. The minimum Gasteiger partial charge on any atom is -0.478 e. The minimum absolute atomic E-state index is 0.0258. The Hall–Kier alpha value is -2.70. The number of benzene rings is 1. The zero-order valence-electron chi connectivity index (χ0n) is 14.6. The van der Waals surface area contributed by atoms with E-state index in [0.29, 0.717) is 19.5 Å². The highest BCUT2D eigenvalue weighted by molar-refractivity contribution is 5.86. The number of carbonyl (C=O) groups is 2. The largest absolute Gasteiger partial charge is 0.478 e. The van der Waals surface area contributed by atoms with Crippen molar-refractivity contribution in [3.8, 4) is 0 Å². The quantitative estimate of drug-likeness (QED) is 0.891. The number of carboxylic acid groups (broad SMARTS) is 1. The fourth-order valence-corrected chi connectivity index (χ4v) is 3.44. The molecule has 6 nitrogen and oxygen atoms in total. The number of carbonyl (C=O) groups excluding carboxylic acids is 1. The summed E-state index contributed by atoms with van der Waals surface area (Å²) in [5.41, 5.74) is 0.950. The van der Waals surface area contributed by atoms with E-state index in [2.05, 4.69) is 5.10 Å². The summed E-state index contributed by atoms with van der Waals surface area (Å²) in [4.78, 5) is 25.6.